The summed E-state index contributed by atoms with van der Waals surface area (Å²) in [6, 6.07) is 8.63. The summed E-state index contributed by atoms with van der Waals surface area (Å²) in [5.74, 6) is -0.944. The van der Waals surface area contributed by atoms with E-state index in [2.05, 4.69) is 5.10 Å². The fraction of sp³-hybridized carbons (Fsp3) is 0.0909. The molecule has 0 spiro atoms. The summed E-state index contributed by atoms with van der Waals surface area (Å²) in [6.07, 6.45) is 1.65. The molecule has 4 heteroatoms. The molecule has 0 atom stereocenters. The van der Waals surface area contributed by atoms with E-state index in [1.54, 1.807) is 35.1 Å². The minimum Gasteiger partial charge on any atom is -0.478 e. The molecule has 15 heavy (non-hydrogen) atoms. The molecule has 0 saturated heterocycles. The zero-order valence-electron chi connectivity index (χ0n) is 8.21. The fourth-order valence-electron chi connectivity index (χ4n) is 1.46. The number of aromatic nitrogens is 2. The van der Waals surface area contributed by atoms with Crippen LogP contribution in [-0.4, -0.2) is 20.9 Å². The number of hydrogen-bond acceptors (Lipinski definition) is 2. The summed E-state index contributed by atoms with van der Waals surface area (Å²) < 4.78 is 1.61. The molecule has 0 fully saturated rings. The smallest absolute Gasteiger partial charge is 0.337 e. The summed E-state index contributed by atoms with van der Waals surface area (Å²) in [4.78, 5) is 11.0. The van der Waals surface area contributed by atoms with Crippen LogP contribution >= 0.6 is 0 Å². The second-order valence-electron chi connectivity index (χ2n) is 3.21. The number of carboxylic acids is 1. The Morgan fingerprint density at radius 3 is 2.67 bits per heavy atom. The lowest BCUT2D eigenvalue weighted by atomic mass is 10.2. The van der Waals surface area contributed by atoms with Crippen molar-refractivity contribution in [1.29, 1.82) is 0 Å². The minimum atomic E-state index is -0.944. The molecule has 0 aliphatic carbocycles. The maximum atomic E-state index is 11.0. The Labute approximate surface area is 86.8 Å². The van der Waals surface area contributed by atoms with Gasteiger partial charge in [0.15, 0.2) is 0 Å². The van der Waals surface area contributed by atoms with E-state index in [-0.39, 0.29) is 5.56 Å². The Morgan fingerprint density at radius 2 is 2.07 bits per heavy atom. The van der Waals surface area contributed by atoms with Gasteiger partial charge in [0.2, 0.25) is 0 Å². The number of aromatic carboxylic acids is 1. The van der Waals surface area contributed by atoms with Crippen LogP contribution in [0.15, 0.2) is 36.5 Å². The van der Waals surface area contributed by atoms with Crippen molar-refractivity contribution in [2.45, 2.75) is 6.92 Å². The molecular weight excluding hydrogens is 192 g/mol. The molecule has 2 rings (SSSR count). The van der Waals surface area contributed by atoms with Crippen molar-refractivity contribution < 1.29 is 9.90 Å². The van der Waals surface area contributed by atoms with Crippen LogP contribution in [0.1, 0.15) is 16.1 Å². The number of para-hydroxylation sites is 1. The highest BCUT2D eigenvalue weighted by Crippen LogP contribution is 2.15. The van der Waals surface area contributed by atoms with Gasteiger partial charge in [0.25, 0.3) is 0 Å². The van der Waals surface area contributed by atoms with Gasteiger partial charge in [0, 0.05) is 11.9 Å². The molecule has 1 aromatic heterocycles. The third kappa shape index (κ3) is 1.61. The third-order valence-electron chi connectivity index (χ3n) is 2.19. The standard InChI is InChI=1S/C11H10N2O2/c1-8-6-7-12-13(8)10-5-3-2-4-9(10)11(14)15/h2-7H,1H3,(H,14,15). The average molecular weight is 202 g/mol. The number of benzene rings is 1. The van der Waals surface area contributed by atoms with Crippen LogP contribution in [0.2, 0.25) is 0 Å². The lowest BCUT2D eigenvalue weighted by Crippen LogP contribution is -2.07. The molecule has 76 valence electrons. The summed E-state index contributed by atoms with van der Waals surface area (Å²) in [7, 11) is 0. The van der Waals surface area contributed by atoms with E-state index < -0.39 is 5.97 Å². The molecule has 0 bridgehead atoms. The lowest BCUT2D eigenvalue weighted by Gasteiger charge is -2.07. The van der Waals surface area contributed by atoms with Crippen molar-refractivity contribution in [2.24, 2.45) is 0 Å². The first-order chi connectivity index (χ1) is 7.20. The van der Waals surface area contributed by atoms with Gasteiger partial charge < -0.3 is 5.11 Å². The van der Waals surface area contributed by atoms with Crippen LogP contribution in [0, 0.1) is 6.92 Å². The van der Waals surface area contributed by atoms with E-state index in [0.29, 0.717) is 5.69 Å². The van der Waals surface area contributed by atoms with Gasteiger partial charge in [-0.2, -0.15) is 5.10 Å². The number of rotatable bonds is 2. The van der Waals surface area contributed by atoms with Gasteiger partial charge in [-0.25, -0.2) is 9.48 Å². The maximum absolute atomic E-state index is 11.0. The van der Waals surface area contributed by atoms with Crippen molar-refractivity contribution >= 4 is 5.97 Å². The van der Waals surface area contributed by atoms with Crippen molar-refractivity contribution in [1.82, 2.24) is 9.78 Å². The summed E-state index contributed by atoms with van der Waals surface area (Å²) in [5, 5.41) is 13.1. The first kappa shape index (κ1) is 9.45. The van der Waals surface area contributed by atoms with E-state index in [1.807, 2.05) is 13.0 Å². The molecule has 1 aromatic carbocycles. The Morgan fingerprint density at radius 1 is 1.33 bits per heavy atom. The first-order valence-electron chi connectivity index (χ1n) is 4.53. The van der Waals surface area contributed by atoms with E-state index in [1.165, 1.54) is 0 Å². The topological polar surface area (TPSA) is 55.1 Å². The lowest BCUT2D eigenvalue weighted by molar-refractivity contribution is 0.0696. The quantitative estimate of drug-likeness (QED) is 0.808. The first-order valence-corrected chi connectivity index (χ1v) is 4.53. The molecule has 0 radical (unpaired) electrons. The van der Waals surface area contributed by atoms with Gasteiger partial charge in [-0.15, -0.1) is 0 Å². The molecule has 0 amide bonds. The predicted octanol–water partition coefficient (Wildman–Crippen LogP) is 1.88. The van der Waals surface area contributed by atoms with Gasteiger partial charge in [-0.05, 0) is 25.1 Å². The highest BCUT2D eigenvalue weighted by molar-refractivity contribution is 5.91. The van der Waals surface area contributed by atoms with E-state index in [0.717, 1.165) is 5.69 Å². The molecule has 1 N–H and O–H groups in total. The number of nitrogens with zero attached hydrogens (tertiary/aromatic N) is 2. The highest BCUT2D eigenvalue weighted by Gasteiger charge is 2.11. The maximum Gasteiger partial charge on any atom is 0.337 e. The molecule has 4 nitrogen and oxygen atoms in total. The third-order valence-corrected chi connectivity index (χ3v) is 2.19. The second kappa shape index (κ2) is 3.57. The average Bonchev–Trinajstić information content (AvgIpc) is 2.64. The van der Waals surface area contributed by atoms with E-state index in [4.69, 9.17) is 5.11 Å². The highest BCUT2D eigenvalue weighted by atomic mass is 16.4. The number of hydrogen-bond donors (Lipinski definition) is 1. The van der Waals surface area contributed by atoms with Gasteiger partial charge in [-0.1, -0.05) is 12.1 Å². The monoisotopic (exact) mass is 202 g/mol. The SMILES string of the molecule is Cc1ccnn1-c1ccccc1C(=O)O. The molecule has 0 aliphatic heterocycles. The van der Waals surface area contributed by atoms with Crippen molar-refractivity contribution in [3.8, 4) is 5.69 Å². The van der Waals surface area contributed by atoms with E-state index >= 15 is 0 Å². The molecule has 0 saturated carbocycles. The normalized spacial score (nSPS) is 10.2. The summed E-state index contributed by atoms with van der Waals surface area (Å²) in [6.45, 7) is 1.88. The van der Waals surface area contributed by atoms with Crippen LogP contribution in [0.4, 0.5) is 0 Å². The minimum absolute atomic E-state index is 0.254. The summed E-state index contributed by atoms with van der Waals surface area (Å²) in [5.41, 5.74) is 1.75. The molecule has 0 unspecified atom stereocenters. The Bertz CT molecular complexity index is 503. The molecular formula is C11H10N2O2. The summed E-state index contributed by atoms with van der Waals surface area (Å²) >= 11 is 0. The van der Waals surface area contributed by atoms with Gasteiger partial charge in [-0.3, -0.25) is 0 Å². The van der Waals surface area contributed by atoms with E-state index in [9.17, 15) is 4.79 Å². The largest absolute Gasteiger partial charge is 0.478 e. The Kier molecular flexibility index (Phi) is 2.25. The van der Waals surface area contributed by atoms with Crippen molar-refractivity contribution in [3.63, 3.8) is 0 Å². The van der Waals surface area contributed by atoms with Gasteiger partial charge >= 0.3 is 5.97 Å². The zero-order chi connectivity index (χ0) is 10.8. The molecule has 1 heterocycles. The Hall–Kier alpha value is -2.10. The number of aryl methyl sites for hydroxylation is 1. The van der Waals surface area contributed by atoms with Gasteiger partial charge in [0.1, 0.15) is 0 Å². The van der Waals surface area contributed by atoms with Crippen molar-refractivity contribution in [2.75, 3.05) is 0 Å². The molecule has 0 aliphatic rings. The second-order valence-corrected chi connectivity index (χ2v) is 3.21. The fourth-order valence-corrected chi connectivity index (χ4v) is 1.46. The Balaban J connectivity index is 2.63. The number of carboxylic acid groups (broad SMARTS) is 1. The van der Waals surface area contributed by atoms with Crippen LogP contribution in [0.3, 0.4) is 0 Å². The van der Waals surface area contributed by atoms with Crippen molar-refractivity contribution in [3.05, 3.63) is 47.8 Å². The van der Waals surface area contributed by atoms with Gasteiger partial charge in [0.05, 0.1) is 11.3 Å². The number of carbonyl (C=O) groups is 1. The molecule has 2 aromatic rings. The van der Waals surface area contributed by atoms with Crippen LogP contribution < -0.4 is 0 Å². The zero-order valence-corrected chi connectivity index (χ0v) is 8.21. The van der Waals surface area contributed by atoms with Crippen LogP contribution in [-0.2, 0) is 0 Å². The van der Waals surface area contributed by atoms with Crippen LogP contribution in [0.5, 0.6) is 0 Å². The van der Waals surface area contributed by atoms with Crippen LogP contribution in [0.25, 0.3) is 5.69 Å². The predicted molar refractivity (Wildman–Crippen MR) is 55.3 cm³/mol.